The van der Waals surface area contributed by atoms with Gasteiger partial charge in [0.2, 0.25) is 0 Å². The number of H-pyrrole nitrogens is 1. The number of thiophene rings is 1. The van der Waals surface area contributed by atoms with Crippen LogP contribution >= 0.6 is 39.5 Å². The van der Waals surface area contributed by atoms with Crippen molar-refractivity contribution in [1.29, 1.82) is 0 Å². The number of nitrogens with zero attached hydrogens (tertiary/aromatic N) is 3. The van der Waals surface area contributed by atoms with E-state index < -0.39 is 0 Å². The summed E-state index contributed by atoms with van der Waals surface area (Å²) < 4.78 is 5.95. The van der Waals surface area contributed by atoms with Gasteiger partial charge in [0.15, 0.2) is 10.4 Å². The molecule has 100 valence electrons. The Kier molecular flexibility index (Phi) is 3.36. The molecular weight excluding hydrogens is 344 g/mol. The SMILES string of the molecule is Cc1nn(C)c2c1[nH]c(=S)n2CCc1ccc(Br)s1. The topological polar surface area (TPSA) is 38.5 Å². The highest BCUT2D eigenvalue weighted by Crippen LogP contribution is 2.23. The number of imidazole rings is 1. The van der Waals surface area contributed by atoms with Crippen molar-refractivity contribution < 1.29 is 0 Å². The molecule has 0 radical (unpaired) electrons. The van der Waals surface area contributed by atoms with Gasteiger partial charge in [-0.05, 0) is 53.6 Å². The van der Waals surface area contributed by atoms with Crippen LogP contribution in [-0.4, -0.2) is 19.3 Å². The summed E-state index contributed by atoms with van der Waals surface area (Å²) in [6, 6.07) is 4.23. The van der Waals surface area contributed by atoms with E-state index in [0.29, 0.717) is 0 Å². The molecule has 0 unspecified atom stereocenters. The molecule has 0 bridgehead atoms. The maximum absolute atomic E-state index is 5.41. The Hall–Kier alpha value is -0.920. The highest BCUT2D eigenvalue weighted by atomic mass is 79.9. The summed E-state index contributed by atoms with van der Waals surface area (Å²) in [5.41, 5.74) is 3.10. The van der Waals surface area contributed by atoms with Crippen molar-refractivity contribution in [3.05, 3.63) is 31.3 Å². The molecule has 0 aliphatic carbocycles. The summed E-state index contributed by atoms with van der Waals surface area (Å²) in [7, 11) is 1.95. The monoisotopic (exact) mass is 356 g/mol. The van der Waals surface area contributed by atoms with Gasteiger partial charge in [0.25, 0.3) is 0 Å². The van der Waals surface area contributed by atoms with Crippen molar-refractivity contribution in [2.24, 2.45) is 7.05 Å². The number of fused-ring (bicyclic) bond motifs is 1. The van der Waals surface area contributed by atoms with Crippen molar-refractivity contribution in [3.8, 4) is 0 Å². The number of hydrogen-bond donors (Lipinski definition) is 1. The third kappa shape index (κ3) is 2.30. The molecule has 0 aliphatic heterocycles. The summed E-state index contributed by atoms with van der Waals surface area (Å²) >= 11 is 10.7. The van der Waals surface area contributed by atoms with Crippen LogP contribution in [0.3, 0.4) is 0 Å². The number of halogens is 1. The minimum Gasteiger partial charge on any atom is -0.328 e. The quantitative estimate of drug-likeness (QED) is 0.724. The van der Waals surface area contributed by atoms with Gasteiger partial charge >= 0.3 is 0 Å². The molecule has 4 nitrogen and oxygen atoms in total. The lowest BCUT2D eigenvalue weighted by molar-refractivity contribution is 0.668. The first-order chi connectivity index (χ1) is 9.06. The molecular formula is C12H13BrN4S2. The normalized spacial score (nSPS) is 11.5. The molecule has 0 saturated carbocycles. The van der Waals surface area contributed by atoms with Crippen LogP contribution < -0.4 is 0 Å². The molecule has 3 rings (SSSR count). The average Bonchev–Trinajstić information content (AvgIpc) is 2.97. The first kappa shape index (κ1) is 13.1. The average molecular weight is 357 g/mol. The van der Waals surface area contributed by atoms with E-state index in [1.807, 2.05) is 18.7 Å². The zero-order valence-electron chi connectivity index (χ0n) is 10.6. The van der Waals surface area contributed by atoms with Gasteiger partial charge in [-0.2, -0.15) is 5.10 Å². The first-order valence-electron chi connectivity index (χ1n) is 5.92. The van der Waals surface area contributed by atoms with Gasteiger partial charge in [-0.15, -0.1) is 11.3 Å². The minimum absolute atomic E-state index is 0.765. The third-order valence-corrected chi connectivity index (χ3v) is 5.14. The Balaban J connectivity index is 1.96. The van der Waals surface area contributed by atoms with Crippen LogP contribution in [0.15, 0.2) is 15.9 Å². The predicted molar refractivity (Wildman–Crippen MR) is 84.3 cm³/mol. The molecule has 0 aliphatic rings. The Bertz CT molecular complexity index is 792. The number of rotatable bonds is 3. The molecule has 3 heterocycles. The number of aromatic amines is 1. The van der Waals surface area contributed by atoms with Crippen molar-refractivity contribution >= 4 is 50.6 Å². The van der Waals surface area contributed by atoms with E-state index in [0.717, 1.165) is 34.6 Å². The molecule has 0 amide bonds. The maximum Gasteiger partial charge on any atom is 0.179 e. The van der Waals surface area contributed by atoms with Gasteiger partial charge in [0, 0.05) is 18.5 Å². The summed E-state index contributed by atoms with van der Waals surface area (Å²) in [6.45, 7) is 2.86. The molecule has 0 atom stereocenters. The fourth-order valence-electron chi connectivity index (χ4n) is 2.29. The van der Waals surface area contributed by atoms with Crippen LogP contribution in [0, 0.1) is 11.7 Å². The second kappa shape index (κ2) is 4.88. The molecule has 0 spiro atoms. The molecule has 0 aromatic carbocycles. The molecule has 0 fully saturated rings. The second-order valence-corrected chi connectivity index (χ2v) is 7.38. The Morgan fingerprint density at radius 3 is 2.95 bits per heavy atom. The first-order valence-corrected chi connectivity index (χ1v) is 7.94. The predicted octanol–water partition coefficient (Wildman–Crippen LogP) is 3.81. The van der Waals surface area contributed by atoms with Crippen molar-refractivity contribution in [3.63, 3.8) is 0 Å². The lowest BCUT2D eigenvalue weighted by atomic mass is 10.3. The zero-order chi connectivity index (χ0) is 13.6. The molecule has 3 aromatic heterocycles. The minimum atomic E-state index is 0.765. The van der Waals surface area contributed by atoms with Gasteiger partial charge in [0.1, 0.15) is 5.52 Å². The van der Waals surface area contributed by atoms with Crippen LogP contribution in [-0.2, 0) is 20.0 Å². The van der Waals surface area contributed by atoms with E-state index in [1.165, 1.54) is 8.66 Å². The fraction of sp³-hybridized carbons (Fsp3) is 0.333. The summed E-state index contributed by atoms with van der Waals surface area (Å²) in [4.78, 5) is 4.60. The standard InChI is InChI=1S/C12H13BrN4S2/c1-7-10-11(16(2)15-7)17(12(18)14-10)6-5-8-3-4-9(13)19-8/h3-4H,5-6H2,1-2H3,(H,14,18). The van der Waals surface area contributed by atoms with Crippen LogP contribution in [0.2, 0.25) is 0 Å². The maximum atomic E-state index is 5.41. The summed E-state index contributed by atoms with van der Waals surface area (Å²) in [5, 5.41) is 4.42. The van der Waals surface area contributed by atoms with E-state index in [-0.39, 0.29) is 0 Å². The highest BCUT2D eigenvalue weighted by molar-refractivity contribution is 9.11. The van der Waals surface area contributed by atoms with Gasteiger partial charge in [0.05, 0.1) is 9.48 Å². The van der Waals surface area contributed by atoms with E-state index in [9.17, 15) is 0 Å². The molecule has 1 N–H and O–H groups in total. The van der Waals surface area contributed by atoms with Crippen LogP contribution in [0.1, 0.15) is 10.6 Å². The van der Waals surface area contributed by atoms with Gasteiger partial charge in [-0.25, -0.2) is 0 Å². The van der Waals surface area contributed by atoms with E-state index in [2.05, 4.69) is 42.7 Å². The number of nitrogens with one attached hydrogen (secondary N) is 1. The Morgan fingerprint density at radius 1 is 1.47 bits per heavy atom. The lowest BCUT2D eigenvalue weighted by Crippen LogP contribution is -2.04. The zero-order valence-corrected chi connectivity index (χ0v) is 13.8. The molecule has 3 aromatic rings. The number of aryl methyl sites for hydroxylation is 4. The number of aromatic nitrogens is 4. The van der Waals surface area contributed by atoms with Crippen molar-refractivity contribution in [2.45, 2.75) is 19.9 Å². The largest absolute Gasteiger partial charge is 0.328 e. The Morgan fingerprint density at radius 2 is 2.26 bits per heavy atom. The fourth-order valence-corrected chi connectivity index (χ4v) is 4.04. The smallest absolute Gasteiger partial charge is 0.179 e. The van der Waals surface area contributed by atoms with Crippen LogP contribution in [0.4, 0.5) is 0 Å². The summed E-state index contributed by atoms with van der Waals surface area (Å²) in [6.07, 6.45) is 0.974. The van der Waals surface area contributed by atoms with Gasteiger partial charge < -0.3 is 9.55 Å². The molecule has 7 heteroatoms. The van der Waals surface area contributed by atoms with Crippen molar-refractivity contribution in [2.75, 3.05) is 0 Å². The third-order valence-electron chi connectivity index (χ3n) is 3.14. The van der Waals surface area contributed by atoms with Gasteiger partial charge in [-0.1, -0.05) is 0 Å². The highest BCUT2D eigenvalue weighted by Gasteiger charge is 2.12. The summed E-state index contributed by atoms with van der Waals surface area (Å²) in [5.74, 6) is 0. The van der Waals surface area contributed by atoms with Crippen LogP contribution in [0.25, 0.3) is 11.2 Å². The van der Waals surface area contributed by atoms with Crippen LogP contribution in [0.5, 0.6) is 0 Å². The van der Waals surface area contributed by atoms with Crippen molar-refractivity contribution in [1.82, 2.24) is 19.3 Å². The van der Waals surface area contributed by atoms with E-state index >= 15 is 0 Å². The second-order valence-electron chi connectivity index (χ2n) is 4.45. The Labute approximate surface area is 128 Å². The number of hydrogen-bond acceptors (Lipinski definition) is 3. The molecule has 0 saturated heterocycles. The molecule has 19 heavy (non-hydrogen) atoms. The van der Waals surface area contributed by atoms with E-state index in [4.69, 9.17) is 12.2 Å². The lowest BCUT2D eigenvalue weighted by Gasteiger charge is -2.03. The van der Waals surface area contributed by atoms with Gasteiger partial charge in [-0.3, -0.25) is 4.68 Å². The van der Waals surface area contributed by atoms with E-state index in [1.54, 1.807) is 11.3 Å².